The molecular formula is C16H16N6. The van der Waals surface area contributed by atoms with Crippen molar-refractivity contribution in [2.24, 2.45) is 5.73 Å². The van der Waals surface area contributed by atoms with Crippen LogP contribution in [0.2, 0.25) is 0 Å². The van der Waals surface area contributed by atoms with Gasteiger partial charge in [-0.1, -0.05) is 12.1 Å². The molecule has 0 unspecified atom stereocenters. The highest BCUT2D eigenvalue weighted by Crippen LogP contribution is 2.32. The second-order valence-electron chi connectivity index (χ2n) is 5.29. The van der Waals surface area contributed by atoms with Crippen LogP contribution in [0, 0.1) is 0 Å². The number of anilines is 1. The third-order valence-corrected chi connectivity index (χ3v) is 3.95. The van der Waals surface area contributed by atoms with E-state index in [1.807, 2.05) is 18.3 Å². The minimum absolute atomic E-state index is 0.531. The Hall–Kier alpha value is -2.86. The molecule has 4 aromatic rings. The van der Waals surface area contributed by atoms with Crippen LogP contribution in [0.25, 0.3) is 32.9 Å². The summed E-state index contributed by atoms with van der Waals surface area (Å²) in [5, 5.41) is 10.1. The number of hydrogen-bond acceptors (Lipinski definition) is 4. The molecule has 0 aliphatic rings. The van der Waals surface area contributed by atoms with Crippen molar-refractivity contribution >= 4 is 27.5 Å². The Morgan fingerprint density at radius 2 is 2.05 bits per heavy atom. The lowest BCUT2D eigenvalue weighted by Gasteiger charge is -2.06. The highest BCUT2D eigenvalue weighted by molar-refractivity contribution is 6.11. The van der Waals surface area contributed by atoms with E-state index in [9.17, 15) is 0 Å². The van der Waals surface area contributed by atoms with Crippen LogP contribution in [0.5, 0.6) is 0 Å². The minimum atomic E-state index is 0.531. The van der Waals surface area contributed by atoms with Crippen molar-refractivity contribution in [2.75, 3.05) is 12.3 Å². The zero-order valence-corrected chi connectivity index (χ0v) is 11.9. The summed E-state index contributed by atoms with van der Waals surface area (Å²) in [6.07, 6.45) is 4.42. The van der Waals surface area contributed by atoms with E-state index in [0.29, 0.717) is 12.4 Å². The van der Waals surface area contributed by atoms with Crippen molar-refractivity contribution in [1.82, 2.24) is 20.2 Å². The van der Waals surface area contributed by atoms with E-state index < -0.39 is 0 Å². The fourth-order valence-corrected chi connectivity index (χ4v) is 2.93. The topological polar surface area (TPSA) is 109 Å². The highest BCUT2D eigenvalue weighted by atomic mass is 15.1. The van der Waals surface area contributed by atoms with E-state index >= 15 is 0 Å². The summed E-state index contributed by atoms with van der Waals surface area (Å²) in [7, 11) is 0. The molecule has 6 N–H and O–H groups in total. The van der Waals surface area contributed by atoms with Gasteiger partial charge < -0.3 is 16.5 Å². The fourth-order valence-electron chi connectivity index (χ4n) is 2.93. The number of hydrogen-bond donors (Lipinski definition) is 4. The SMILES string of the molecule is NCCc1[nH]cc2c(N)nc3cc(-c4ccn[nH]4)ccc3c12. The third-order valence-electron chi connectivity index (χ3n) is 3.95. The van der Waals surface area contributed by atoms with Crippen LogP contribution in [0.15, 0.2) is 36.7 Å². The number of rotatable bonds is 3. The summed E-state index contributed by atoms with van der Waals surface area (Å²) in [5.41, 5.74) is 15.8. The van der Waals surface area contributed by atoms with Gasteiger partial charge in [-0.05, 0) is 18.7 Å². The molecule has 0 spiro atoms. The number of nitrogens with zero attached hydrogens (tertiary/aromatic N) is 2. The van der Waals surface area contributed by atoms with E-state index in [4.69, 9.17) is 11.5 Å². The second kappa shape index (κ2) is 4.85. The van der Waals surface area contributed by atoms with Crippen LogP contribution < -0.4 is 11.5 Å². The smallest absolute Gasteiger partial charge is 0.133 e. The lowest BCUT2D eigenvalue weighted by atomic mass is 10.0. The Morgan fingerprint density at radius 3 is 2.82 bits per heavy atom. The molecule has 0 aliphatic heterocycles. The van der Waals surface area contributed by atoms with Gasteiger partial charge in [-0.2, -0.15) is 5.10 Å². The summed E-state index contributed by atoms with van der Waals surface area (Å²) in [6, 6.07) is 8.09. The number of fused-ring (bicyclic) bond motifs is 3. The van der Waals surface area contributed by atoms with Gasteiger partial charge >= 0.3 is 0 Å². The number of aromatic amines is 2. The van der Waals surface area contributed by atoms with Gasteiger partial charge in [-0.15, -0.1) is 0 Å². The Balaban J connectivity index is 2.02. The summed E-state index contributed by atoms with van der Waals surface area (Å²) >= 11 is 0. The number of nitrogen functional groups attached to an aromatic ring is 1. The van der Waals surface area contributed by atoms with Crippen LogP contribution in [-0.2, 0) is 6.42 Å². The first-order valence-corrected chi connectivity index (χ1v) is 7.17. The predicted molar refractivity (Wildman–Crippen MR) is 88.4 cm³/mol. The molecule has 0 aliphatic carbocycles. The molecule has 0 radical (unpaired) electrons. The number of aromatic nitrogens is 4. The Bertz CT molecular complexity index is 952. The predicted octanol–water partition coefficient (Wildman–Crippen LogP) is 2.19. The van der Waals surface area contributed by atoms with Gasteiger partial charge in [0.1, 0.15) is 5.82 Å². The third kappa shape index (κ3) is 1.85. The molecule has 22 heavy (non-hydrogen) atoms. The maximum absolute atomic E-state index is 6.12. The molecular weight excluding hydrogens is 276 g/mol. The van der Waals surface area contributed by atoms with Crippen molar-refractivity contribution in [3.8, 4) is 11.3 Å². The zero-order chi connectivity index (χ0) is 15.1. The van der Waals surface area contributed by atoms with Crippen molar-refractivity contribution in [1.29, 1.82) is 0 Å². The quantitative estimate of drug-likeness (QED) is 0.464. The Kier molecular flexibility index (Phi) is 2.83. The number of nitrogens with two attached hydrogens (primary N) is 2. The number of nitrogens with one attached hydrogen (secondary N) is 2. The maximum Gasteiger partial charge on any atom is 0.133 e. The Labute approximate surface area is 126 Å². The van der Waals surface area contributed by atoms with Gasteiger partial charge in [0.05, 0.1) is 11.2 Å². The monoisotopic (exact) mass is 292 g/mol. The molecule has 0 bridgehead atoms. The standard InChI is InChI=1S/C16H16N6/c17-5-3-13-15-10-2-1-9(12-4-6-20-22-12)7-14(10)21-16(18)11(15)8-19-13/h1-2,4,6-8,19H,3,5,17H2,(H2,18,21)(H,20,22). The minimum Gasteiger partial charge on any atom is -0.383 e. The molecule has 6 nitrogen and oxygen atoms in total. The summed E-state index contributed by atoms with van der Waals surface area (Å²) in [4.78, 5) is 7.81. The van der Waals surface area contributed by atoms with Gasteiger partial charge in [-0.25, -0.2) is 4.98 Å². The lowest BCUT2D eigenvalue weighted by molar-refractivity contribution is 0.943. The summed E-state index contributed by atoms with van der Waals surface area (Å²) in [5.74, 6) is 0.531. The van der Waals surface area contributed by atoms with Gasteiger partial charge in [-0.3, -0.25) is 5.10 Å². The number of benzene rings is 1. The zero-order valence-electron chi connectivity index (χ0n) is 11.9. The molecule has 0 saturated heterocycles. The molecule has 110 valence electrons. The Morgan fingerprint density at radius 1 is 1.14 bits per heavy atom. The highest BCUT2D eigenvalue weighted by Gasteiger charge is 2.12. The summed E-state index contributed by atoms with van der Waals surface area (Å²) < 4.78 is 0. The first kappa shape index (κ1) is 12.8. The fraction of sp³-hybridized carbons (Fsp3) is 0.125. The van der Waals surface area contributed by atoms with Crippen molar-refractivity contribution in [3.05, 3.63) is 42.4 Å². The molecule has 6 heteroatoms. The van der Waals surface area contributed by atoms with Crippen molar-refractivity contribution < 1.29 is 0 Å². The van der Waals surface area contributed by atoms with Gasteiger partial charge in [0.15, 0.2) is 0 Å². The molecule has 0 saturated carbocycles. The average Bonchev–Trinajstić information content (AvgIpc) is 3.17. The van der Waals surface area contributed by atoms with E-state index in [1.54, 1.807) is 6.20 Å². The number of H-pyrrole nitrogens is 2. The van der Waals surface area contributed by atoms with E-state index in [0.717, 1.165) is 45.0 Å². The molecule has 0 amide bonds. The van der Waals surface area contributed by atoms with Crippen LogP contribution in [0.3, 0.4) is 0 Å². The second-order valence-corrected chi connectivity index (χ2v) is 5.29. The summed E-state index contributed by atoms with van der Waals surface area (Å²) in [6.45, 7) is 0.589. The van der Waals surface area contributed by atoms with Crippen molar-refractivity contribution in [3.63, 3.8) is 0 Å². The molecule has 0 fully saturated rings. The largest absolute Gasteiger partial charge is 0.383 e. The van der Waals surface area contributed by atoms with E-state index in [1.165, 1.54) is 0 Å². The van der Waals surface area contributed by atoms with Gasteiger partial charge in [0, 0.05) is 46.2 Å². The average molecular weight is 292 g/mol. The lowest BCUT2D eigenvalue weighted by Crippen LogP contribution is -2.03. The van der Waals surface area contributed by atoms with Crippen LogP contribution in [0.4, 0.5) is 5.82 Å². The van der Waals surface area contributed by atoms with Crippen LogP contribution >= 0.6 is 0 Å². The van der Waals surface area contributed by atoms with Crippen molar-refractivity contribution in [2.45, 2.75) is 6.42 Å². The van der Waals surface area contributed by atoms with Gasteiger partial charge in [0.25, 0.3) is 0 Å². The first-order valence-electron chi connectivity index (χ1n) is 7.17. The number of pyridine rings is 1. The molecule has 1 aromatic carbocycles. The molecule has 3 aromatic heterocycles. The van der Waals surface area contributed by atoms with E-state index in [2.05, 4.69) is 32.3 Å². The van der Waals surface area contributed by atoms with Gasteiger partial charge in [0.2, 0.25) is 0 Å². The van der Waals surface area contributed by atoms with Crippen LogP contribution in [-0.4, -0.2) is 26.7 Å². The maximum atomic E-state index is 6.12. The molecule has 4 rings (SSSR count). The normalized spacial score (nSPS) is 11.5. The van der Waals surface area contributed by atoms with E-state index in [-0.39, 0.29) is 0 Å². The first-order chi connectivity index (χ1) is 10.8. The molecule has 3 heterocycles. The van der Waals surface area contributed by atoms with Crippen LogP contribution in [0.1, 0.15) is 5.69 Å². The molecule has 0 atom stereocenters.